The molecule has 34 heavy (non-hydrogen) atoms. The Morgan fingerprint density at radius 2 is 1.65 bits per heavy atom. The number of carbonyl (C=O) groups is 3. The van der Waals surface area contributed by atoms with Gasteiger partial charge in [0, 0.05) is 0 Å². The van der Waals surface area contributed by atoms with Crippen molar-refractivity contribution in [3.05, 3.63) is 95.3 Å². The summed E-state index contributed by atoms with van der Waals surface area (Å²) < 4.78 is 24.8. The van der Waals surface area contributed by atoms with Crippen LogP contribution in [0.2, 0.25) is 0 Å². The Morgan fingerprint density at radius 3 is 2.35 bits per heavy atom. The molecule has 0 spiro atoms. The van der Waals surface area contributed by atoms with Crippen molar-refractivity contribution in [3.63, 3.8) is 0 Å². The first-order valence-corrected chi connectivity index (χ1v) is 10.6. The van der Waals surface area contributed by atoms with Gasteiger partial charge in [0.25, 0.3) is 11.8 Å². The second-order valence-electron chi connectivity index (χ2n) is 7.35. The molecule has 4 amide bonds. The summed E-state index contributed by atoms with van der Waals surface area (Å²) in [6.45, 7) is 2.56. The van der Waals surface area contributed by atoms with E-state index in [2.05, 4.69) is 5.32 Å². The molecular formula is C26H21FN2O5. The maximum absolute atomic E-state index is 13.3. The number of hydrogen-bond acceptors (Lipinski definition) is 5. The average Bonchev–Trinajstić information content (AvgIpc) is 2.83. The molecule has 1 N–H and O–H groups in total. The van der Waals surface area contributed by atoms with E-state index in [1.165, 1.54) is 18.2 Å². The second-order valence-corrected chi connectivity index (χ2v) is 7.35. The molecule has 0 radical (unpaired) electrons. The third-order valence-corrected chi connectivity index (χ3v) is 5.00. The van der Waals surface area contributed by atoms with Gasteiger partial charge in [-0.05, 0) is 60.5 Å². The number of anilines is 1. The van der Waals surface area contributed by atoms with Crippen LogP contribution in [0.15, 0.2) is 78.4 Å². The first-order valence-electron chi connectivity index (χ1n) is 10.6. The van der Waals surface area contributed by atoms with Crippen molar-refractivity contribution in [2.45, 2.75) is 13.5 Å². The van der Waals surface area contributed by atoms with Crippen LogP contribution in [0, 0.1) is 5.82 Å². The predicted octanol–water partition coefficient (Wildman–Crippen LogP) is 4.47. The number of imide groups is 2. The predicted molar refractivity (Wildman–Crippen MR) is 124 cm³/mol. The summed E-state index contributed by atoms with van der Waals surface area (Å²) in [5.74, 6) is -1.20. The number of nitrogens with one attached hydrogen (secondary N) is 1. The number of benzene rings is 3. The van der Waals surface area contributed by atoms with Crippen LogP contribution in [0.1, 0.15) is 18.1 Å². The SMILES string of the molecule is CCOc1cc(/C=C2\C(=O)NC(=O)N(c3ccc(F)cc3)C2=O)ccc1OCc1ccccc1. The number of carbonyl (C=O) groups excluding carboxylic acids is 3. The van der Waals surface area contributed by atoms with Gasteiger partial charge in [0.15, 0.2) is 11.5 Å². The van der Waals surface area contributed by atoms with E-state index in [1.54, 1.807) is 18.2 Å². The van der Waals surface area contributed by atoms with Crippen LogP contribution in [-0.4, -0.2) is 24.5 Å². The molecule has 0 unspecified atom stereocenters. The van der Waals surface area contributed by atoms with Gasteiger partial charge in [0.1, 0.15) is 18.0 Å². The highest BCUT2D eigenvalue weighted by molar-refractivity contribution is 6.39. The third-order valence-electron chi connectivity index (χ3n) is 5.00. The molecule has 8 heteroatoms. The van der Waals surface area contributed by atoms with Crippen LogP contribution in [0.4, 0.5) is 14.9 Å². The topological polar surface area (TPSA) is 84.9 Å². The summed E-state index contributed by atoms with van der Waals surface area (Å²) in [6.07, 6.45) is 1.37. The van der Waals surface area contributed by atoms with Crippen LogP contribution in [-0.2, 0) is 16.2 Å². The molecule has 1 heterocycles. The molecule has 0 atom stereocenters. The standard InChI is InChI=1S/C26H21FN2O5/c1-2-33-23-15-18(8-13-22(23)34-16-17-6-4-3-5-7-17)14-21-24(30)28-26(32)29(25(21)31)20-11-9-19(27)10-12-20/h3-15H,2,16H2,1H3,(H,28,30,32)/b21-14+. The minimum Gasteiger partial charge on any atom is -0.490 e. The molecule has 0 aliphatic carbocycles. The zero-order valence-electron chi connectivity index (χ0n) is 18.3. The normalized spacial score (nSPS) is 14.8. The van der Waals surface area contributed by atoms with Crippen LogP contribution in [0.25, 0.3) is 6.08 Å². The van der Waals surface area contributed by atoms with Crippen LogP contribution >= 0.6 is 0 Å². The van der Waals surface area contributed by atoms with Gasteiger partial charge in [-0.25, -0.2) is 14.1 Å². The van der Waals surface area contributed by atoms with E-state index in [0.29, 0.717) is 30.3 Å². The molecule has 1 saturated heterocycles. The smallest absolute Gasteiger partial charge is 0.335 e. The summed E-state index contributed by atoms with van der Waals surface area (Å²) in [5.41, 5.74) is 1.39. The van der Waals surface area contributed by atoms with Crippen molar-refractivity contribution in [3.8, 4) is 11.5 Å². The first-order chi connectivity index (χ1) is 16.5. The number of halogens is 1. The number of barbiturate groups is 1. The largest absolute Gasteiger partial charge is 0.490 e. The number of rotatable bonds is 7. The fourth-order valence-corrected chi connectivity index (χ4v) is 3.39. The fourth-order valence-electron chi connectivity index (χ4n) is 3.39. The molecule has 1 fully saturated rings. The lowest BCUT2D eigenvalue weighted by atomic mass is 10.1. The minimum atomic E-state index is -0.904. The summed E-state index contributed by atoms with van der Waals surface area (Å²) in [4.78, 5) is 38.5. The third kappa shape index (κ3) is 4.96. The maximum Gasteiger partial charge on any atom is 0.335 e. The van der Waals surface area contributed by atoms with Crippen molar-refractivity contribution in [1.29, 1.82) is 0 Å². The molecule has 3 aromatic rings. The molecule has 3 aromatic carbocycles. The van der Waals surface area contributed by atoms with Crippen LogP contribution in [0.3, 0.4) is 0 Å². The molecular weight excluding hydrogens is 439 g/mol. The zero-order valence-corrected chi connectivity index (χ0v) is 18.3. The van der Waals surface area contributed by atoms with Gasteiger partial charge in [-0.15, -0.1) is 0 Å². The summed E-state index contributed by atoms with van der Waals surface area (Å²) in [5, 5.41) is 2.14. The molecule has 0 saturated carbocycles. The van der Waals surface area contributed by atoms with Crippen molar-refractivity contribution in [2.24, 2.45) is 0 Å². The summed E-state index contributed by atoms with van der Waals surface area (Å²) >= 11 is 0. The average molecular weight is 460 g/mol. The quantitative estimate of drug-likeness (QED) is 0.415. The van der Waals surface area contributed by atoms with Gasteiger partial charge in [-0.2, -0.15) is 0 Å². The Balaban J connectivity index is 1.61. The number of hydrogen-bond donors (Lipinski definition) is 1. The van der Waals surface area contributed by atoms with Gasteiger partial charge in [0.2, 0.25) is 0 Å². The highest BCUT2D eigenvalue weighted by Gasteiger charge is 2.36. The summed E-state index contributed by atoms with van der Waals surface area (Å²) in [6, 6.07) is 18.6. The van der Waals surface area contributed by atoms with Crippen LogP contribution < -0.4 is 19.7 Å². The van der Waals surface area contributed by atoms with E-state index in [0.717, 1.165) is 22.6 Å². The maximum atomic E-state index is 13.3. The van der Waals surface area contributed by atoms with E-state index >= 15 is 0 Å². The number of ether oxygens (including phenoxy) is 2. The Kier molecular flexibility index (Phi) is 6.68. The van der Waals surface area contributed by atoms with Gasteiger partial charge >= 0.3 is 6.03 Å². The van der Waals surface area contributed by atoms with Crippen molar-refractivity contribution in [2.75, 3.05) is 11.5 Å². The Labute approximate surface area is 195 Å². The zero-order chi connectivity index (χ0) is 24.1. The van der Waals surface area contributed by atoms with E-state index in [1.807, 2.05) is 37.3 Å². The van der Waals surface area contributed by atoms with E-state index < -0.39 is 23.7 Å². The first kappa shape index (κ1) is 22.7. The lowest BCUT2D eigenvalue weighted by Crippen LogP contribution is -2.54. The van der Waals surface area contributed by atoms with Gasteiger partial charge < -0.3 is 9.47 Å². The number of nitrogens with zero attached hydrogens (tertiary/aromatic N) is 1. The molecule has 0 bridgehead atoms. The fraction of sp³-hybridized carbons (Fsp3) is 0.115. The van der Waals surface area contributed by atoms with Gasteiger partial charge in [0.05, 0.1) is 12.3 Å². The molecule has 1 aliphatic heterocycles. The Bertz CT molecular complexity index is 1260. The molecule has 0 aromatic heterocycles. The summed E-state index contributed by atoms with van der Waals surface area (Å²) in [7, 11) is 0. The minimum absolute atomic E-state index is 0.141. The van der Waals surface area contributed by atoms with Crippen molar-refractivity contribution in [1.82, 2.24) is 5.32 Å². The van der Waals surface area contributed by atoms with Crippen molar-refractivity contribution < 1.29 is 28.2 Å². The molecule has 1 aliphatic rings. The highest BCUT2D eigenvalue weighted by atomic mass is 19.1. The lowest BCUT2D eigenvalue weighted by Gasteiger charge is -2.26. The Morgan fingerprint density at radius 1 is 0.912 bits per heavy atom. The Hall–Kier alpha value is -4.46. The molecule has 4 rings (SSSR count). The number of urea groups is 1. The van der Waals surface area contributed by atoms with E-state index in [-0.39, 0.29) is 11.3 Å². The van der Waals surface area contributed by atoms with E-state index in [4.69, 9.17) is 9.47 Å². The monoisotopic (exact) mass is 460 g/mol. The molecule has 172 valence electrons. The van der Waals surface area contributed by atoms with Gasteiger partial charge in [-0.1, -0.05) is 36.4 Å². The van der Waals surface area contributed by atoms with E-state index in [9.17, 15) is 18.8 Å². The highest BCUT2D eigenvalue weighted by Crippen LogP contribution is 2.31. The lowest BCUT2D eigenvalue weighted by molar-refractivity contribution is -0.122. The number of amides is 4. The van der Waals surface area contributed by atoms with Crippen molar-refractivity contribution >= 4 is 29.6 Å². The van der Waals surface area contributed by atoms with Crippen LogP contribution in [0.5, 0.6) is 11.5 Å². The second kappa shape index (κ2) is 9.99. The van der Waals surface area contributed by atoms with Gasteiger partial charge in [-0.3, -0.25) is 14.9 Å². The molecule has 7 nitrogen and oxygen atoms in total.